The third-order valence-corrected chi connectivity index (χ3v) is 1.60. The largest absolute Gasteiger partial charge is 0.508 e. The van der Waals surface area contributed by atoms with Gasteiger partial charge in [0.2, 0.25) is 0 Å². The van der Waals surface area contributed by atoms with Crippen LogP contribution in [0.5, 0.6) is 5.75 Å². The molecule has 1 aromatic heterocycles. The van der Waals surface area contributed by atoms with Crippen molar-refractivity contribution in [1.29, 1.82) is 0 Å². The molecule has 0 fully saturated rings. The number of amides is 2. The highest BCUT2D eigenvalue weighted by atomic mass is 16.4. The Hall–Kier alpha value is -2.24. The summed E-state index contributed by atoms with van der Waals surface area (Å²) >= 11 is 0. The smallest absolute Gasteiger partial charge is 0.320 e. The molecule has 0 spiro atoms. The molecule has 0 unspecified atom stereocenters. The van der Waals surface area contributed by atoms with Crippen LogP contribution in [-0.4, -0.2) is 16.1 Å². The van der Waals surface area contributed by atoms with Gasteiger partial charge in [0, 0.05) is 6.07 Å². The maximum Gasteiger partial charge on any atom is 0.320 e. The number of carbonyl (C=O) groups excluding carboxylic acids is 1. The molecule has 0 saturated carbocycles. The van der Waals surface area contributed by atoms with Gasteiger partial charge in [-0.1, -0.05) is 0 Å². The van der Waals surface area contributed by atoms with Crippen LogP contribution in [0.2, 0.25) is 0 Å². The van der Waals surface area contributed by atoms with Crippen LogP contribution in [0.4, 0.5) is 10.8 Å². The van der Waals surface area contributed by atoms with E-state index in [-0.39, 0.29) is 11.8 Å². The fourth-order valence-electron chi connectivity index (χ4n) is 1.07. The zero-order valence-corrected chi connectivity index (χ0v) is 7.02. The Morgan fingerprint density at radius 3 is 3.07 bits per heavy atom. The quantitative estimate of drug-likeness (QED) is 0.629. The van der Waals surface area contributed by atoms with Gasteiger partial charge in [-0.25, -0.2) is 4.79 Å². The average Bonchev–Trinajstić information content (AvgIpc) is 2.44. The van der Waals surface area contributed by atoms with E-state index in [4.69, 9.17) is 15.3 Å². The first kappa shape index (κ1) is 8.36. The molecular formula is C8H7N3O3. The summed E-state index contributed by atoms with van der Waals surface area (Å²) in [4.78, 5) is 14.3. The van der Waals surface area contributed by atoms with Crippen LogP contribution in [0.15, 0.2) is 22.6 Å². The van der Waals surface area contributed by atoms with Crippen molar-refractivity contribution in [2.24, 2.45) is 5.73 Å². The van der Waals surface area contributed by atoms with E-state index < -0.39 is 6.03 Å². The van der Waals surface area contributed by atoms with Gasteiger partial charge in [0.25, 0.3) is 0 Å². The number of phenols is 1. The van der Waals surface area contributed by atoms with E-state index in [2.05, 4.69) is 10.3 Å². The van der Waals surface area contributed by atoms with Gasteiger partial charge in [-0.15, -0.1) is 0 Å². The molecule has 1 heterocycles. The van der Waals surface area contributed by atoms with Crippen molar-refractivity contribution in [3.8, 4) is 5.75 Å². The maximum atomic E-state index is 10.5. The molecule has 14 heavy (non-hydrogen) atoms. The molecule has 1 aromatic carbocycles. The molecule has 0 aliphatic heterocycles. The zero-order valence-electron chi connectivity index (χ0n) is 7.02. The number of urea groups is 1. The minimum absolute atomic E-state index is 0.0121. The van der Waals surface area contributed by atoms with E-state index in [0.29, 0.717) is 11.1 Å². The summed E-state index contributed by atoms with van der Waals surface area (Å²) in [5.41, 5.74) is 5.79. The lowest BCUT2D eigenvalue weighted by Crippen LogP contribution is -2.19. The number of aromatic nitrogens is 1. The normalized spacial score (nSPS) is 10.3. The number of hydrogen-bond donors (Lipinski definition) is 3. The van der Waals surface area contributed by atoms with Gasteiger partial charge in [0.15, 0.2) is 5.58 Å². The van der Waals surface area contributed by atoms with Gasteiger partial charge in [0.05, 0.1) is 0 Å². The van der Waals surface area contributed by atoms with Gasteiger partial charge in [-0.3, -0.25) is 5.32 Å². The van der Waals surface area contributed by atoms with E-state index in [1.807, 2.05) is 0 Å². The summed E-state index contributed by atoms with van der Waals surface area (Å²) in [6, 6.07) is 3.69. The minimum Gasteiger partial charge on any atom is -0.508 e. The number of carbonyl (C=O) groups is 1. The SMILES string of the molecule is NC(=O)Nc1nc2cc(O)ccc2o1. The van der Waals surface area contributed by atoms with Crippen molar-refractivity contribution in [1.82, 2.24) is 4.98 Å². The van der Waals surface area contributed by atoms with Gasteiger partial charge in [-0.05, 0) is 12.1 Å². The predicted octanol–water partition coefficient (Wildman–Crippen LogP) is 1.02. The second kappa shape index (κ2) is 2.91. The van der Waals surface area contributed by atoms with E-state index >= 15 is 0 Å². The fourth-order valence-corrected chi connectivity index (χ4v) is 1.07. The second-order valence-corrected chi connectivity index (χ2v) is 2.66. The summed E-state index contributed by atoms with van der Waals surface area (Å²) in [5, 5.41) is 11.3. The van der Waals surface area contributed by atoms with Crippen LogP contribution < -0.4 is 11.1 Å². The summed E-state index contributed by atoms with van der Waals surface area (Å²) < 4.78 is 5.10. The van der Waals surface area contributed by atoms with Crippen molar-refractivity contribution >= 4 is 23.1 Å². The average molecular weight is 193 g/mol. The molecule has 4 N–H and O–H groups in total. The second-order valence-electron chi connectivity index (χ2n) is 2.66. The van der Waals surface area contributed by atoms with E-state index in [1.54, 1.807) is 6.07 Å². The summed E-state index contributed by atoms with van der Waals surface area (Å²) in [7, 11) is 0. The number of fused-ring (bicyclic) bond motifs is 1. The Morgan fingerprint density at radius 2 is 2.36 bits per heavy atom. The summed E-state index contributed by atoms with van der Waals surface area (Å²) in [6.45, 7) is 0. The molecule has 72 valence electrons. The van der Waals surface area contributed by atoms with Crippen LogP contribution in [0.3, 0.4) is 0 Å². The van der Waals surface area contributed by atoms with Crippen LogP contribution in [0, 0.1) is 0 Å². The lowest BCUT2D eigenvalue weighted by Gasteiger charge is -1.90. The highest BCUT2D eigenvalue weighted by Crippen LogP contribution is 2.22. The molecule has 2 amide bonds. The number of rotatable bonds is 1. The summed E-state index contributed by atoms with van der Waals surface area (Å²) in [5.74, 6) is 0.0800. The Balaban J connectivity index is 2.46. The molecule has 0 aliphatic carbocycles. The number of nitrogens with zero attached hydrogens (tertiary/aromatic N) is 1. The number of nitrogens with one attached hydrogen (secondary N) is 1. The van der Waals surface area contributed by atoms with E-state index in [9.17, 15) is 4.79 Å². The highest BCUT2D eigenvalue weighted by Gasteiger charge is 2.06. The number of hydrogen-bond acceptors (Lipinski definition) is 4. The Labute approximate surface area is 78.3 Å². The summed E-state index contributed by atoms with van der Waals surface area (Å²) in [6.07, 6.45) is 0. The van der Waals surface area contributed by atoms with E-state index in [1.165, 1.54) is 12.1 Å². The van der Waals surface area contributed by atoms with E-state index in [0.717, 1.165) is 0 Å². The Bertz CT molecular complexity index is 492. The molecule has 0 bridgehead atoms. The lowest BCUT2D eigenvalue weighted by molar-refractivity contribution is 0.259. The van der Waals surface area contributed by atoms with Gasteiger partial charge >= 0.3 is 12.0 Å². The topological polar surface area (TPSA) is 101 Å². The predicted molar refractivity (Wildman–Crippen MR) is 48.9 cm³/mol. The number of aromatic hydroxyl groups is 1. The number of benzene rings is 1. The highest BCUT2D eigenvalue weighted by molar-refractivity contribution is 5.87. The van der Waals surface area contributed by atoms with Crippen molar-refractivity contribution in [3.05, 3.63) is 18.2 Å². The zero-order chi connectivity index (χ0) is 10.1. The standard InChI is InChI=1S/C8H7N3O3/c9-7(13)11-8-10-5-3-4(12)1-2-6(5)14-8/h1-3,12H,(H3,9,10,11,13). The number of oxazole rings is 1. The molecule has 2 aromatic rings. The van der Waals surface area contributed by atoms with Gasteiger partial charge < -0.3 is 15.3 Å². The lowest BCUT2D eigenvalue weighted by atomic mass is 10.3. The first-order chi connectivity index (χ1) is 6.65. The van der Waals surface area contributed by atoms with Crippen LogP contribution in [0.25, 0.3) is 11.1 Å². The third-order valence-electron chi connectivity index (χ3n) is 1.60. The Kier molecular flexibility index (Phi) is 1.74. The number of anilines is 1. The minimum atomic E-state index is -0.749. The fraction of sp³-hybridized carbons (Fsp3) is 0. The Morgan fingerprint density at radius 1 is 1.57 bits per heavy atom. The molecule has 0 aliphatic rings. The number of primary amides is 1. The van der Waals surface area contributed by atoms with Crippen LogP contribution in [0.1, 0.15) is 0 Å². The molecule has 6 heteroatoms. The van der Waals surface area contributed by atoms with Crippen molar-refractivity contribution in [2.75, 3.05) is 5.32 Å². The van der Waals surface area contributed by atoms with Crippen molar-refractivity contribution in [3.63, 3.8) is 0 Å². The number of nitrogens with two attached hydrogens (primary N) is 1. The first-order valence-corrected chi connectivity index (χ1v) is 3.81. The molecule has 2 rings (SSSR count). The number of phenolic OH excluding ortho intramolecular Hbond substituents is 1. The molecular weight excluding hydrogens is 186 g/mol. The van der Waals surface area contributed by atoms with Gasteiger partial charge in [0.1, 0.15) is 11.3 Å². The molecule has 0 radical (unpaired) electrons. The van der Waals surface area contributed by atoms with Crippen LogP contribution >= 0.6 is 0 Å². The monoisotopic (exact) mass is 193 g/mol. The molecule has 0 atom stereocenters. The first-order valence-electron chi connectivity index (χ1n) is 3.81. The molecule has 0 saturated heterocycles. The van der Waals surface area contributed by atoms with Crippen LogP contribution in [-0.2, 0) is 0 Å². The third kappa shape index (κ3) is 1.45. The van der Waals surface area contributed by atoms with Crippen molar-refractivity contribution in [2.45, 2.75) is 0 Å². The van der Waals surface area contributed by atoms with Gasteiger partial charge in [-0.2, -0.15) is 4.98 Å². The maximum absolute atomic E-state index is 10.5. The molecule has 6 nitrogen and oxygen atoms in total. The van der Waals surface area contributed by atoms with Crippen molar-refractivity contribution < 1.29 is 14.3 Å².